The van der Waals surface area contributed by atoms with Crippen molar-refractivity contribution in [3.63, 3.8) is 0 Å². The number of ketones is 1. The summed E-state index contributed by atoms with van der Waals surface area (Å²) >= 11 is 0. The van der Waals surface area contributed by atoms with Crippen molar-refractivity contribution in [2.75, 3.05) is 29.7 Å². The number of hydrogen-bond acceptors (Lipinski definition) is 7. The van der Waals surface area contributed by atoms with E-state index in [0.29, 0.717) is 22.7 Å². The van der Waals surface area contributed by atoms with Gasteiger partial charge in [0.25, 0.3) is 0 Å². The highest BCUT2D eigenvalue weighted by Gasteiger charge is 2.27. The average Bonchev–Trinajstić information content (AvgIpc) is 2.88. The largest absolute Gasteiger partial charge is 0.497 e. The molecule has 0 saturated heterocycles. The summed E-state index contributed by atoms with van der Waals surface area (Å²) in [7, 11) is 1.50. The van der Waals surface area contributed by atoms with Gasteiger partial charge in [0.05, 0.1) is 30.5 Å². The number of anilines is 3. The lowest BCUT2D eigenvalue weighted by atomic mass is 10.1. The van der Waals surface area contributed by atoms with Gasteiger partial charge in [0.1, 0.15) is 11.8 Å². The zero-order valence-electron chi connectivity index (χ0n) is 18.9. The molecular formula is C26H23N3O6. The van der Waals surface area contributed by atoms with E-state index in [-0.39, 0.29) is 29.6 Å². The van der Waals surface area contributed by atoms with Crippen molar-refractivity contribution in [2.45, 2.75) is 12.5 Å². The van der Waals surface area contributed by atoms with Crippen LogP contribution < -0.4 is 20.7 Å². The van der Waals surface area contributed by atoms with Crippen LogP contribution in [0.15, 0.2) is 72.8 Å². The van der Waals surface area contributed by atoms with Crippen molar-refractivity contribution >= 4 is 40.6 Å². The van der Waals surface area contributed by atoms with E-state index in [2.05, 4.69) is 16.0 Å². The third kappa shape index (κ3) is 5.83. The Balaban J connectivity index is 1.28. The third-order valence-corrected chi connectivity index (χ3v) is 5.35. The average molecular weight is 473 g/mol. The highest BCUT2D eigenvalue weighted by molar-refractivity contribution is 6.06. The first kappa shape index (κ1) is 23.5. The molecule has 0 saturated carbocycles. The molecule has 3 N–H and O–H groups in total. The van der Waals surface area contributed by atoms with Gasteiger partial charge >= 0.3 is 5.97 Å². The lowest BCUT2D eigenvalue weighted by Crippen LogP contribution is -2.41. The number of esters is 1. The van der Waals surface area contributed by atoms with Crippen LogP contribution in [0, 0.1) is 0 Å². The van der Waals surface area contributed by atoms with Gasteiger partial charge in [-0.05, 0) is 48.5 Å². The molecule has 0 radical (unpaired) electrons. The molecule has 1 atom stereocenters. The van der Waals surface area contributed by atoms with E-state index in [9.17, 15) is 19.2 Å². The molecule has 0 aromatic heterocycles. The smallest absolute Gasteiger partial charge is 0.338 e. The zero-order chi connectivity index (χ0) is 24.8. The Morgan fingerprint density at radius 2 is 1.66 bits per heavy atom. The number of para-hydroxylation sites is 2. The fraction of sp³-hybridized carbons (Fsp3) is 0.154. The lowest BCUT2D eigenvalue weighted by molar-refractivity contribution is -0.122. The van der Waals surface area contributed by atoms with Crippen LogP contribution in [0.3, 0.4) is 0 Å². The van der Waals surface area contributed by atoms with Crippen LogP contribution in [-0.2, 0) is 14.3 Å². The predicted molar refractivity (Wildman–Crippen MR) is 130 cm³/mol. The first-order valence-electron chi connectivity index (χ1n) is 10.8. The van der Waals surface area contributed by atoms with E-state index in [0.717, 1.165) is 5.69 Å². The molecule has 0 unspecified atom stereocenters. The molecule has 35 heavy (non-hydrogen) atoms. The number of nitrogens with one attached hydrogen (secondary N) is 3. The SMILES string of the molecule is COc1cccc(C(=O)COC(=O)c2ccc(NC(=O)C[C@@H]3Nc4ccccc4NC3=O)cc2)c1. The van der Waals surface area contributed by atoms with Gasteiger partial charge in [-0.1, -0.05) is 24.3 Å². The Morgan fingerprint density at radius 3 is 2.40 bits per heavy atom. The molecule has 3 aromatic carbocycles. The van der Waals surface area contributed by atoms with Gasteiger partial charge in [0, 0.05) is 11.3 Å². The van der Waals surface area contributed by atoms with Gasteiger partial charge in [0.2, 0.25) is 11.8 Å². The zero-order valence-corrected chi connectivity index (χ0v) is 18.9. The fourth-order valence-corrected chi connectivity index (χ4v) is 3.52. The standard InChI is InChI=1S/C26H23N3O6/c1-34-19-6-4-5-17(13-19)23(30)15-35-26(33)16-9-11-18(12-10-16)27-24(31)14-22-25(32)29-21-8-3-2-7-20(21)28-22/h2-13,22,28H,14-15H2,1H3,(H,27,31)(H,29,32)/t22-/m0/s1. The summed E-state index contributed by atoms with van der Waals surface area (Å²) in [6.07, 6.45) is -0.0731. The van der Waals surface area contributed by atoms with Crippen molar-refractivity contribution in [1.82, 2.24) is 0 Å². The molecule has 3 aromatic rings. The van der Waals surface area contributed by atoms with Crippen LogP contribution in [0.1, 0.15) is 27.1 Å². The Hall–Kier alpha value is -4.66. The maximum Gasteiger partial charge on any atom is 0.338 e. The number of carbonyl (C=O) groups is 4. The minimum atomic E-state index is -0.707. The number of rotatable bonds is 8. The number of ether oxygens (including phenoxy) is 2. The second kappa shape index (κ2) is 10.5. The normalized spacial score (nSPS) is 14.1. The molecular weight excluding hydrogens is 450 g/mol. The summed E-state index contributed by atoms with van der Waals surface area (Å²) in [5.41, 5.74) is 2.47. The molecule has 1 aliphatic rings. The lowest BCUT2D eigenvalue weighted by Gasteiger charge is -2.26. The minimum Gasteiger partial charge on any atom is -0.497 e. The number of amides is 2. The highest BCUT2D eigenvalue weighted by Crippen LogP contribution is 2.27. The first-order valence-corrected chi connectivity index (χ1v) is 10.8. The van der Waals surface area contributed by atoms with Crippen molar-refractivity contribution in [3.05, 3.63) is 83.9 Å². The summed E-state index contributed by atoms with van der Waals surface area (Å²) in [5, 5.41) is 8.54. The van der Waals surface area contributed by atoms with Crippen molar-refractivity contribution in [2.24, 2.45) is 0 Å². The van der Waals surface area contributed by atoms with Crippen LogP contribution in [0.2, 0.25) is 0 Å². The summed E-state index contributed by atoms with van der Waals surface area (Å²) in [4.78, 5) is 49.3. The topological polar surface area (TPSA) is 123 Å². The Bertz CT molecular complexity index is 1270. The third-order valence-electron chi connectivity index (χ3n) is 5.35. The molecule has 4 rings (SSSR count). The summed E-state index contributed by atoms with van der Waals surface area (Å²) in [6, 6.07) is 19.2. The number of fused-ring (bicyclic) bond motifs is 1. The number of hydrogen-bond donors (Lipinski definition) is 3. The monoisotopic (exact) mass is 473 g/mol. The second-order valence-corrected chi connectivity index (χ2v) is 7.79. The van der Waals surface area contributed by atoms with Gasteiger partial charge in [-0.25, -0.2) is 4.79 Å². The first-order chi connectivity index (χ1) is 16.9. The molecule has 1 heterocycles. The van der Waals surface area contributed by atoms with Gasteiger partial charge in [-0.3, -0.25) is 14.4 Å². The van der Waals surface area contributed by atoms with Crippen LogP contribution in [0.25, 0.3) is 0 Å². The second-order valence-electron chi connectivity index (χ2n) is 7.79. The molecule has 178 valence electrons. The van der Waals surface area contributed by atoms with Crippen LogP contribution in [0.4, 0.5) is 17.1 Å². The number of methoxy groups -OCH3 is 1. The quantitative estimate of drug-likeness (QED) is 0.338. The summed E-state index contributed by atoms with van der Waals surface area (Å²) < 4.78 is 10.2. The maximum absolute atomic E-state index is 12.4. The Morgan fingerprint density at radius 1 is 0.914 bits per heavy atom. The molecule has 1 aliphatic heterocycles. The number of benzene rings is 3. The van der Waals surface area contributed by atoms with Gasteiger partial charge in [0.15, 0.2) is 12.4 Å². The van der Waals surface area contributed by atoms with Gasteiger partial charge in [-0.15, -0.1) is 0 Å². The van der Waals surface area contributed by atoms with E-state index in [1.54, 1.807) is 42.5 Å². The van der Waals surface area contributed by atoms with E-state index < -0.39 is 18.6 Å². The molecule has 0 fully saturated rings. The maximum atomic E-state index is 12.4. The molecule has 9 nitrogen and oxygen atoms in total. The minimum absolute atomic E-state index is 0.0731. The van der Waals surface area contributed by atoms with E-state index in [1.165, 1.54) is 19.2 Å². The number of carbonyl (C=O) groups excluding carboxylic acids is 4. The molecule has 0 aliphatic carbocycles. The molecule has 9 heteroatoms. The van der Waals surface area contributed by atoms with E-state index in [1.807, 2.05) is 18.2 Å². The fourth-order valence-electron chi connectivity index (χ4n) is 3.52. The molecule has 0 bridgehead atoms. The van der Waals surface area contributed by atoms with Crippen molar-refractivity contribution in [1.29, 1.82) is 0 Å². The van der Waals surface area contributed by atoms with Crippen LogP contribution in [0.5, 0.6) is 5.75 Å². The molecule has 2 amide bonds. The van der Waals surface area contributed by atoms with Gasteiger partial charge < -0.3 is 25.4 Å². The van der Waals surface area contributed by atoms with Crippen LogP contribution >= 0.6 is 0 Å². The summed E-state index contributed by atoms with van der Waals surface area (Å²) in [5.74, 6) is -1.15. The predicted octanol–water partition coefficient (Wildman–Crippen LogP) is 3.50. The van der Waals surface area contributed by atoms with E-state index in [4.69, 9.17) is 9.47 Å². The van der Waals surface area contributed by atoms with Crippen molar-refractivity contribution < 1.29 is 28.7 Å². The van der Waals surface area contributed by atoms with E-state index >= 15 is 0 Å². The summed E-state index contributed by atoms with van der Waals surface area (Å²) in [6.45, 7) is -0.413. The Kier molecular flexibility index (Phi) is 7.06. The van der Waals surface area contributed by atoms with Crippen molar-refractivity contribution in [3.8, 4) is 5.75 Å². The number of Topliss-reactive ketones (excluding diaryl/α,β-unsaturated/α-hetero) is 1. The van der Waals surface area contributed by atoms with Gasteiger partial charge in [-0.2, -0.15) is 0 Å². The van der Waals surface area contributed by atoms with Crippen LogP contribution in [-0.4, -0.2) is 43.3 Å². The molecule has 0 spiro atoms. The highest BCUT2D eigenvalue weighted by atomic mass is 16.5. The Labute approximate surface area is 201 Å².